The van der Waals surface area contributed by atoms with E-state index in [1.54, 1.807) is 61.5 Å². The third-order valence-electron chi connectivity index (χ3n) is 4.27. The van der Waals surface area contributed by atoms with Gasteiger partial charge in [-0.25, -0.2) is 0 Å². The molecule has 0 saturated carbocycles. The van der Waals surface area contributed by atoms with E-state index in [9.17, 15) is 9.59 Å². The minimum absolute atomic E-state index is 0.170. The molecule has 28 heavy (non-hydrogen) atoms. The molecule has 1 amide bonds. The highest BCUT2D eigenvalue weighted by molar-refractivity contribution is 6.31. The molecule has 0 aliphatic rings. The van der Waals surface area contributed by atoms with Crippen LogP contribution in [0.3, 0.4) is 0 Å². The van der Waals surface area contributed by atoms with Crippen LogP contribution in [0.1, 0.15) is 33.2 Å². The van der Waals surface area contributed by atoms with Crippen molar-refractivity contribution < 1.29 is 14.3 Å². The van der Waals surface area contributed by atoms with Crippen molar-refractivity contribution in [1.29, 1.82) is 0 Å². The maximum Gasteiger partial charge on any atom is 0.255 e. The van der Waals surface area contributed by atoms with Crippen LogP contribution in [0.2, 0.25) is 5.02 Å². The highest BCUT2D eigenvalue weighted by atomic mass is 35.5. The van der Waals surface area contributed by atoms with Gasteiger partial charge in [0.15, 0.2) is 6.10 Å². The molecule has 3 rings (SSSR count). The van der Waals surface area contributed by atoms with Crippen LogP contribution in [0.4, 0.5) is 5.69 Å². The van der Waals surface area contributed by atoms with E-state index in [2.05, 4.69) is 5.32 Å². The fourth-order valence-electron chi connectivity index (χ4n) is 2.81. The maximum atomic E-state index is 12.5. The Hall–Kier alpha value is -3.11. The van der Waals surface area contributed by atoms with Gasteiger partial charge in [-0.1, -0.05) is 48.0 Å². The number of carbonyl (C=O) groups excluding carboxylic acids is 2. The zero-order valence-corrected chi connectivity index (χ0v) is 16.4. The summed E-state index contributed by atoms with van der Waals surface area (Å²) < 4.78 is 5.78. The van der Waals surface area contributed by atoms with Gasteiger partial charge in [-0.05, 0) is 49.7 Å². The van der Waals surface area contributed by atoms with Gasteiger partial charge < -0.3 is 10.1 Å². The lowest BCUT2D eigenvalue weighted by Crippen LogP contribution is -2.24. The molecule has 0 heterocycles. The molecule has 0 bridgehead atoms. The van der Waals surface area contributed by atoms with Gasteiger partial charge in [0.25, 0.3) is 5.91 Å². The van der Waals surface area contributed by atoms with E-state index in [-0.39, 0.29) is 11.7 Å². The number of ketones is 1. The van der Waals surface area contributed by atoms with E-state index in [1.165, 1.54) is 0 Å². The summed E-state index contributed by atoms with van der Waals surface area (Å²) >= 11 is 5.95. The third kappa shape index (κ3) is 4.78. The number of anilines is 1. The molecule has 0 fully saturated rings. The van der Waals surface area contributed by atoms with E-state index in [1.807, 2.05) is 25.1 Å². The molecule has 0 saturated heterocycles. The SMILES string of the molecule is Cc1ccccc1C(=O)Nc1cccc(O[C@H](C)C(=O)c2cccc(Cl)c2)c1. The lowest BCUT2D eigenvalue weighted by molar-refractivity contribution is 0.0818. The summed E-state index contributed by atoms with van der Waals surface area (Å²) in [5.41, 5.74) is 2.59. The zero-order chi connectivity index (χ0) is 20.1. The summed E-state index contributed by atoms with van der Waals surface area (Å²) in [6.45, 7) is 3.57. The van der Waals surface area contributed by atoms with Crippen LogP contribution in [0.5, 0.6) is 5.75 Å². The summed E-state index contributed by atoms with van der Waals surface area (Å²) in [6, 6.07) is 21.1. The molecule has 3 aromatic carbocycles. The summed E-state index contributed by atoms with van der Waals surface area (Å²) in [5, 5.41) is 3.36. The second kappa shape index (κ2) is 8.72. The van der Waals surface area contributed by atoms with Gasteiger partial charge in [0.05, 0.1) is 0 Å². The van der Waals surface area contributed by atoms with Gasteiger partial charge in [0, 0.05) is 27.9 Å². The molecular formula is C23H20ClNO3. The van der Waals surface area contributed by atoms with Crippen LogP contribution in [-0.4, -0.2) is 17.8 Å². The molecule has 1 atom stereocenters. The van der Waals surface area contributed by atoms with Crippen molar-refractivity contribution in [3.63, 3.8) is 0 Å². The Bertz CT molecular complexity index is 1020. The van der Waals surface area contributed by atoms with Crippen LogP contribution in [0.15, 0.2) is 72.8 Å². The third-order valence-corrected chi connectivity index (χ3v) is 4.51. The molecule has 4 nitrogen and oxygen atoms in total. The molecule has 0 unspecified atom stereocenters. The lowest BCUT2D eigenvalue weighted by Gasteiger charge is -2.15. The Morgan fingerprint density at radius 3 is 2.46 bits per heavy atom. The first-order valence-electron chi connectivity index (χ1n) is 8.87. The number of aryl methyl sites for hydroxylation is 1. The van der Waals surface area contributed by atoms with Crippen molar-refractivity contribution in [2.75, 3.05) is 5.32 Å². The fourth-order valence-corrected chi connectivity index (χ4v) is 3.00. The van der Waals surface area contributed by atoms with Crippen LogP contribution in [-0.2, 0) is 0 Å². The predicted molar refractivity (Wildman–Crippen MR) is 111 cm³/mol. The average Bonchev–Trinajstić information content (AvgIpc) is 2.68. The van der Waals surface area contributed by atoms with Gasteiger partial charge in [0.1, 0.15) is 5.75 Å². The Morgan fingerprint density at radius 2 is 1.71 bits per heavy atom. The normalized spacial score (nSPS) is 11.5. The topological polar surface area (TPSA) is 55.4 Å². The molecule has 5 heteroatoms. The number of hydrogen-bond acceptors (Lipinski definition) is 3. The minimum Gasteiger partial charge on any atom is -0.482 e. The zero-order valence-electron chi connectivity index (χ0n) is 15.6. The standard InChI is InChI=1S/C23H20ClNO3/c1-15-7-3-4-12-21(15)23(27)25-19-10-6-11-20(14-19)28-16(2)22(26)17-8-5-9-18(24)13-17/h3-14,16H,1-2H3,(H,25,27)/t16-/m1/s1. The number of ether oxygens (including phenoxy) is 1. The molecule has 0 radical (unpaired) electrons. The quantitative estimate of drug-likeness (QED) is 0.558. The molecule has 0 aliphatic carbocycles. The summed E-state index contributed by atoms with van der Waals surface area (Å²) in [5.74, 6) is 0.126. The minimum atomic E-state index is -0.694. The van der Waals surface area contributed by atoms with Crippen molar-refractivity contribution >= 4 is 29.0 Å². The molecule has 0 aromatic heterocycles. The van der Waals surface area contributed by atoms with Gasteiger partial charge >= 0.3 is 0 Å². The second-order valence-corrected chi connectivity index (χ2v) is 6.87. The molecule has 142 valence electrons. The first-order chi connectivity index (χ1) is 13.4. The van der Waals surface area contributed by atoms with Crippen molar-refractivity contribution in [2.45, 2.75) is 20.0 Å². The van der Waals surface area contributed by atoms with Gasteiger partial charge in [0.2, 0.25) is 5.78 Å². The Morgan fingerprint density at radius 1 is 0.964 bits per heavy atom. The lowest BCUT2D eigenvalue weighted by atomic mass is 10.1. The van der Waals surface area contributed by atoms with Crippen molar-refractivity contribution in [2.24, 2.45) is 0 Å². The molecular weight excluding hydrogens is 374 g/mol. The number of amides is 1. The van der Waals surface area contributed by atoms with E-state index in [0.29, 0.717) is 27.6 Å². The number of carbonyl (C=O) groups is 2. The maximum absolute atomic E-state index is 12.5. The number of benzene rings is 3. The number of halogens is 1. The van der Waals surface area contributed by atoms with Crippen LogP contribution in [0, 0.1) is 6.92 Å². The highest BCUT2D eigenvalue weighted by Crippen LogP contribution is 2.21. The summed E-state index contributed by atoms with van der Waals surface area (Å²) in [4.78, 5) is 25.0. The van der Waals surface area contributed by atoms with E-state index < -0.39 is 6.10 Å². The Kier molecular flexibility index (Phi) is 6.12. The molecule has 0 spiro atoms. The van der Waals surface area contributed by atoms with Crippen LogP contribution >= 0.6 is 11.6 Å². The first kappa shape index (κ1) is 19.6. The number of Topliss-reactive ketones (excluding diaryl/α,β-unsaturated/α-hetero) is 1. The fraction of sp³-hybridized carbons (Fsp3) is 0.130. The highest BCUT2D eigenvalue weighted by Gasteiger charge is 2.17. The Balaban J connectivity index is 1.70. The van der Waals surface area contributed by atoms with E-state index in [4.69, 9.17) is 16.3 Å². The summed E-state index contributed by atoms with van der Waals surface area (Å²) in [7, 11) is 0. The predicted octanol–water partition coefficient (Wildman–Crippen LogP) is 5.55. The second-order valence-electron chi connectivity index (χ2n) is 6.43. The monoisotopic (exact) mass is 393 g/mol. The molecule has 1 N–H and O–H groups in total. The van der Waals surface area contributed by atoms with Crippen LogP contribution < -0.4 is 10.1 Å². The van der Waals surface area contributed by atoms with E-state index in [0.717, 1.165) is 5.56 Å². The summed E-state index contributed by atoms with van der Waals surface area (Å²) in [6.07, 6.45) is -0.694. The van der Waals surface area contributed by atoms with Gasteiger partial charge in [-0.2, -0.15) is 0 Å². The smallest absolute Gasteiger partial charge is 0.255 e. The van der Waals surface area contributed by atoms with Crippen LogP contribution in [0.25, 0.3) is 0 Å². The van der Waals surface area contributed by atoms with Gasteiger partial charge in [-0.15, -0.1) is 0 Å². The van der Waals surface area contributed by atoms with Crippen molar-refractivity contribution in [1.82, 2.24) is 0 Å². The number of hydrogen-bond donors (Lipinski definition) is 1. The van der Waals surface area contributed by atoms with Crippen molar-refractivity contribution in [3.05, 3.63) is 94.5 Å². The van der Waals surface area contributed by atoms with Gasteiger partial charge in [-0.3, -0.25) is 9.59 Å². The first-order valence-corrected chi connectivity index (χ1v) is 9.25. The number of rotatable bonds is 6. The Labute approximate surface area is 169 Å². The van der Waals surface area contributed by atoms with E-state index >= 15 is 0 Å². The largest absolute Gasteiger partial charge is 0.482 e. The average molecular weight is 394 g/mol. The number of nitrogens with one attached hydrogen (secondary N) is 1. The molecule has 3 aromatic rings. The molecule has 0 aliphatic heterocycles. The van der Waals surface area contributed by atoms with Crippen molar-refractivity contribution in [3.8, 4) is 5.75 Å².